The standard InChI is InChI=1S/C16H31N/c1-16(12-8-5-9-13-16)14-17-15-10-6-3-2-4-7-11-15/h15,17H,2-14H2,1H3. The fourth-order valence-corrected chi connectivity index (χ4v) is 3.63. The minimum absolute atomic E-state index is 0.612. The lowest BCUT2D eigenvalue weighted by Gasteiger charge is -2.35. The molecule has 0 bridgehead atoms. The van der Waals surface area contributed by atoms with Crippen molar-refractivity contribution in [2.24, 2.45) is 5.41 Å². The van der Waals surface area contributed by atoms with Crippen molar-refractivity contribution in [1.82, 2.24) is 5.32 Å². The molecule has 1 heteroatoms. The second-order valence-corrected chi connectivity index (χ2v) is 6.79. The Morgan fingerprint density at radius 3 is 2.00 bits per heavy atom. The zero-order valence-corrected chi connectivity index (χ0v) is 11.8. The Morgan fingerprint density at radius 2 is 1.35 bits per heavy atom. The normalized spacial score (nSPS) is 27.4. The van der Waals surface area contributed by atoms with E-state index >= 15 is 0 Å². The van der Waals surface area contributed by atoms with Gasteiger partial charge < -0.3 is 5.32 Å². The van der Waals surface area contributed by atoms with Gasteiger partial charge >= 0.3 is 0 Å². The van der Waals surface area contributed by atoms with E-state index in [1.807, 2.05) is 0 Å². The smallest absolute Gasteiger partial charge is 0.00672 e. The van der Waals surface area contributed by atoms with Gasteiger partial charge in [0.05, 0.1) is 0 Å². The van der Waals surface area contributed by atoms with E-state index in [2.05, 4.69) is 12.2 Å². The summed E-state index contributed by atoms with van der Waals surface area (Å²) in [5.41, 5.74) is 0.612. The first-order chi connectivity index (χ1) is 8.29. The molecule has 0 aliphatic heterocycles. The molecule has 0 unspecified atom stereocenters. The third kappa shape index (κ3) is 4.62. The summed E-state index contributed by atoms with van der Waals surface area (Å²) >= 11 is 0. The zero-order valence-electron chi connectivity index (χ0n) is 11.8. The maximum absolute atomic E-state index is 3.90. The molecule has 0 aromatic heterocycles. The highest BCUT2D eigenvalue weighted by molar-refractivity contribution is 4.82. The molecule has 2 aliphatic carbocycles. The van der Waals surface area contributed by atoms with Crippen molar-refractivity contribution in [3.63, 3.8) is 0 Å². The largest absolute Gasteiger partial charge is 0.313 e. The highest BCUT2D eigenvalue weighted by atomic mass is 14.9. The second kappa shape index (κ2) is 6.78. The fourth-order valence-electron chi connectivity index (χ4n) is 3.63. The number of nitrogens with one attached hydrogen (secondary N) is 1. The number of hydrogen-bond donors (Lipinski definition) is 1. The average Bonchev–Trinajstić information content (AvgIpc) is 2.28. The lowest BCUT2D eigenvalue weighted by atomic mass is 9.75. The summed E-state index contributed by atoms with van der Waals surface area (Å²) in [6.45, 7) is 3.78. The van der Waals surface area contributed by atoms with Gasteiger partial charge in [-0.2, -0.15) is 0 Å². The molecule has 0 heterocycles. The van der Waals surface area contributed by atoms with Crippen LogP contribution in [-0.4, -0.2) is 12.6 Å². The van der Waals surface area contributed by atoms with Crippen LogP contribution in [0.4, 0.5) is 0 Å². The van der Waals surface area contributed by atoms with Gasteiger partial charge in [0.1, 0.15) is 0 Å². The molecule has 1 N–H and O–H groups in total. The molecule has 0 saturated heterocycles. The summed E-state index contributed by atoms with van der Waals surface area (Å²) in [6.07, 6.45) is 17.5. The Kier molecular flexibility index (Phi) is 5.34. The first-order valence-corrected chi connectivity index (χ1v) is 8.02. The van der Waals surface area contributed by atoms with E-state index in [0.29, 0.717) is 5.41 Å². The van der Waals surface area contributed by atoms with Crippen LogP contribution in [0.2, 0.25) is 0 Å². The summed E-state index contributed by atoms with van der Waals surface area (Å²) < 4.78 is 0. The van der Waals surface area contributed by atoms with Crippen LogP contribution >= 0.6 is 0 Å². The van der Waals surface area contributed by atoms with Crippen LogP contribution in [0.5, 0.6) is 0 Å². The number of rotatable bonds is 3. The van der Waals surface area contributed by atoms with Crippen LogP contribution < -0.4 is 5.32 Å². The summed E-state index contributed by atoms with van der Waals surface area (Å²) in [5, 5.41) is 3.90. The second-order valence-electron chi connectivity index (χ2n) is 6.79. The maximum atomic E-state index is 3.90. The van der Waals surface area contributed by atoms with E-state index in [1.54, 1.807) is 0 Å². The lowest BCUT2D eigenvalue weighted by Crippen LogP contribution is -2.39. The van der Waals surface area contributed by atoms with Crippen molar-refractivity contribution in [2.75, 3.05) is 6.54 Å². The highest BCUT2D eigenvalue weighted by Gasteiger charge is 2.27. The number of hydrogen-bond acceptors (Lipinski definition) is 1. The van der Waals surface area contributed by atoms with Gasteiger partial charge in [0, 0.05) is 12.6 Å². The van der Waals surface area contributed by atoms with E-state index < -0.39 is 0 Å². The average molecular weight is 237 g/mol. The minimum Gasteiger partial charge on any atom is -0.313 e. The molecule has 0 amide bonds. The van der Waals surface area contributed by atoms with E-state index in [1.165, 1.54) is 83.6 Å². The zero-order chi connectivity index (χ0) is 12.0. The van der Waals surface area contributed by atoms with Gasteiger partial charge in [-0.1, -0.05) is 58.3 Å². The molecule has 1 nitrogen and oxygen atoms in total. The molecule has 2 fully saturated rings. The van der Waals surface area contributed by atoms with E-state index in [0.717, 1.165) is 6.04 Å². The monoisotopic (exact) mass is 237 g/mol. The van der Waals surface area contributed by atoms with E-state index in [-0.39, 0.29) is 0 Å². The Morgan fingerprint density at radius 1 is 0.824 bits per heavy atom. The van der Waals surface area contributed by atoms with E-state index in [9.17, 15) is 0 Å². The van der Waals surface area contributed by atoms with Crippen molar-refractivity contribution >= 4 is 0 Å². The molecular weight excluding hydrogens is 206 g/mol. The van der Waals surface area contributed by atoms with Crippen LogP contribution in [0.3, 0.4) is 0 Å². The highest BCUT2D eigenvalue weighted by Crippen LogP contribution is 2.35. The fraction of sp³-hybridized carbons (Fsp3) is 1.00. The lowest BCUT2D eigenvalue weighted by molar-refractivity contribution is 0.195. The molecule has 0 atom stereocenters. The van der Waals surface area contributed by atoms with Crippen LogP contribution in [0.25, 0.3) is 0 Å². The van der Waals surface area contributed by atoms with Crippen molar-refractivity contribution in [2.45, 2.75) is 90.0 Å². The molecule has 0 aromatic rings. The molecule has 0 aromatic carbocycles. The summed E-state index contributed by atoms with van der Waals surface area (Å²) in [5.74, 6) is 0. The van der Waals surface area contributed by atoms with Gasteiger partial charge in [-0.3, -0.25) is 0 Å². The molecule has 2 aliphatic rings. The van der Waals surface area contributed by atoms with Gasteiger partial charge in [-0.15, -0.1) is 0 Å². The third-order valence-electron chi connectivity index (χ3n) is 4.98. The van der Waals surface area contributed by atoms with Crippen molar-refractivity contribution < 1.29 is 0 Å². The first kappa shape index (κ1) is 13.4. The molecular formula is C16H31N. The quantitative estimate of drug-likeness (QED) is 0.753. The molecule has 17 heavy (non-hydrogen) atoms. The predicted molar refractivity (Wildman–Crippen MR) is 75.3 cm³/mol. The molecule has 2 saturated carbocycles. The molecule has 0 spiro atoms. The third-order valence-corrected chi connectivity index (χ3v) is 4.98. The minimum atomic E-state index is 0.612. The Labute approximate surface area is 108 Å². The SMILES string of the molecule is CC1(CNC2CCCCCCC2)CCCCC1. The van der Waals surface area contributed by atoms with Gasteiger partial charge in [0.15, 0.2) is 0 Å². The molecule has 100 valence electrons. The predicted octanol–water partition coefficient (Wildman–Crippen LogP) is 4.66. The first-order valence-electron chi connectivity index (χ1n) is 8.02. The topological polar surface area (TPSA) is 12.0 Å². The van der Waals surface area contributed by atoms with Gasteiger partial charge in [0.2, 0.25) is 0 Å². The van der Waals surface area contributed by atoms with Crippen molar-refractivity contribution in [3.8, 4) is 0 Å². The molecule has 2 rings (SSSR count). The van der Waals surface area contributed by atoms with E-state index in [4.69, 9.17) is 0 Å². The van der Waals surface area contributed by atoms with Crippen LogP contribution in [0, 0.1) is 5.41 Å². The van der Waals surface area contributed by atoms with Crippen LogP contribution in [-0.2, 0) is 0 Å². The van der Waals surface area contributed by atoms with Gasteiger partial charge in [-0.05, 0) is 31.1 Å². The van der Waals surface area contributed by atoms with Crippen molar-refractivity contribution in [1.29, 1.82) is 0 Å². The molecule has 0 radical (unpaired) electrons. The Hall–Kier alpha value is -0.0400. The van der Waals surface area contributed by atoms with Crippen LogP contribution in [0.1, 0.15) is 84.0 Å². The van der Waals surface area contributed by atoms with Gasteiger partial charge in [-0.25, -0.2) is 0 Å². The summed E-state index contributed by atoms with van der Waals surface area (Å²) in [7, 11) is 0. The van der Waals surface area contributed by atoms with Gasteiger partial charge in [0.25, 0.3) is 0 Å². The summed E-state index contributed by atoms with van der Waals surface area (Å²) in [6, 6.07) is 0.828. The maximum Gasteiger partial charge on any atom is 0.00672 e. The Balaban J connectivity index is 1.71. The van der Waals surface area contributed by atoms with Crippen molar-refractivity contribution in [3.05, 3.63) is 0 Å². The van der Waals surface area contributed by atoms with Crippen LogP contribution in [0.15, 0.2) is 0 Å². The Bertz CT molecular complexity index is 198. The summed E-state index contributed by atoms with van der Waals surface area (Å²) in [4.78, 5) is 0.